The number of benzene rings is 3. The predicted molar refractivity (Wildman–Crippen MR) is 129 cm³/mol. The zero-order chi connectivity index (χ0) is 24.5. The van der Waals surface area contributed by atoms with Gasteiger partial charge >= 0.3 is 5.97 Å². The van der Waals surface area contributed by atoms with Gasteiger partial charge < -0.3 is 14.8 Å². The van der Waals surface area contributed by atoms with E-state index in [2.05, 4.69) is 15.8 Å². The molecule has 2 amide bonds. The normalized spacial score (nSPS) is 10.6. The average molecular weight is 500 g/mol. The summed E-state index contributed by atoms with van der Waals surface area (Å²) in [7, 11) is 1.54. The third-order valence-electron chi connectivity index (χ3n) is 4.41. The Labute approximate surface area is 205 Å². The molecule has 8 nitrogen and oxygen atoms in total. The Morgan fingerprint density at radius 1 is 0.882 bits per heavy atom. The van der Waals surface area contributed by atoms with Crippen LogP contribution >= 0.6 is 23.2 Å². The highest BCUT2D eigenvalue weighted by molar-refractivity contribution is 6.42. The molecule has 34 heavy (non-hydrogen) atoms. The Bertz CT molecular complexity index is 1210. The van der Waals surface area contributed by atoms with Gasteiger partial charge in [-0.05, 0) is 72.3 Å². The lowest BCUT2D eigenvalue weighted by molar-refractivity contribution is -0.120. The molecule has 0 atom stereocenters. The van der Waals surface area contributed by atoms with E-state index in [1.807, 2.05) is 0 Å². The van der Waals surface area contributed by atoms with Crippen LogP contribution in [-0.4, -0.2) is 37.7 Å². The van der Waals surface area contributed by atoms with Crippen LogP contribution in [-0.2, 0) is 4.79 Å². The molecule has 0 spiro atoms. The Kier molecular flexibility index (Phi) is 8.61. The summed E-state index contributed by atoms with van der Waals surface area (Å²) in [5.41, 5.74) is 3.63. The fraction of sp³-hybridized carbons (Fsp3) is 0.0833. The lowest BCUT2D eigenvalue weighted by atomic mass is 10.2. The molecule has 10 heteroatoms. The molecule has 174 valence electrons. The SMILES string of the molecule is COc1ccc(C(=O)Oc2ccc(/C=N/NC(=O)CNC(=O)c3ccc(Cl)c(Cl)c3)cc2)cc1. The summed E-state index contributed by atoms with van der Waals surface area (Å²) in [6, 6.07) is 17.5. The highest BCUT2D eigenvalue weighted by Crippen LogP contribution is 2.22. The fourth-order valence-corrected chi connectivity index (χ4v) is 2.93. The van der Waals surface area contributed by atoms with E-state index in [9.17, 15) is 14.4 Å². The molecule has 2 N–H and O–H groups in total. The van der Waals surface area contributed by atoms with E-state index < -0.39 is 17.8 Å². The molecule has 3 rings (SSSR count). The van der Waals surface area contributed by atoms with E-state index in [-0.39, 0.29) is 17.1 Å². The topological polar surface area (TPSA) is 106 Å². The third-order valence-corrected chi connectivity index (χ3v) is 5.15. The lowest BCUT2D eigenvalue weighted by Crippen LogP contribution is -2.34. The molecule has 0 aliphatic rings. The number of rotatable bonds is 8. The first kappa shape index (κ1) is 24.8. The maximum Gasteiger partial charge on any atom is 0.343 e. The van der Waals surface area contributed by atoms with Crippen LogP contribution in [0.1, 0.15) is 26.3 Å². The van der Waals surface area contributed by atoms with Gasteiger partial charge in [-0.15, -0.1) is 0 Å². The number of hydrogen-bond acceptors (Lipinski definition) is 6. The van der Waals surface area contributed by atoms with Gasteiger partial charge in [-0.2, -0.15) is 5.10 Å². The molecular formula is C24H19Cl2N3O5. The quantitative estimate of drug-likeness (QED) is 0.210. The Hall–Kier alpha value is -3.88. The van der Waals surface area contributed by atoms with Gasteiger partial charge in [0.2, 0.25) is 0 Å². The second kappa shape index (κ2) is 11.8. The number of esters is 1. The van der Waals surface area contributed by atoms with Gasteiger partial charge in [0, 0.05) is 5.56 Å². The Balaban J connectivity index is 1.45. The number of carbonyl (C=O) groups is 3. The number of nitrogens with one attached hydrogen (secondary N) is 2. The molecule has 3 aromatic carbocycles. The summed E-state index contributed by atoms with van der Waals surface area (Å²) in [5.74, 6) is -0.500. The van der Waals surface area contributed by atoms with Crippen molar-refractivity contribution in [2.45, 2.75) is 0 Å². The highest BCUT2D eigenvalue weighted by Gasteiger charge is 2.10. The van der Waals surface area contributed by atoms with Crippen molar-refractivity contribution in [2.24, 2.45) is 5.10 Å². The van der Waals surface area contributed by atoms with Gasteiger partial charge in [-0.3, -0.25) is 9.59 Å². The number of halogens is 2. The average Bonchev–Trinajstić information content (AvgIpc) is 2.85. The van der Waals surface area contributed by atoms with Crippen molar-refractivity contribution in [1.82, 2.24) is 10.7 Å². The van der Waals surface area contributed by atoms with E-state index in [4.69, 9.17) is 32.7 Å². The van der Waals surface area contributed by atoms with E-state index >= 15 is 0 Å². The number of nitrogens with zero attached hydrogens (tertiary/aromatic N) is 1. The molecule has 0 bridgehead atoms. The first-order valence-corrected chi connectivity index (χ1v) is 10.6. The zero-order valence-electron chi connectivity index (χ0n) is 17.9. The van der Waals surface area contributed by atoms with Crippen molar-refractivity contribution in [3.63, 3.8) is 0 Å². The van der Waals surface area contributed by atoms with Gasteiger partial charge in [-0.1, -0.05) is 23.2 Å². The van der Waals surface area contributed by atoms with Crippen LogP contribution in [0.3, 0.4) is 0 Å². The van der Waals surface area contributed by atoms with Crippen LogP contribution in [0.15, 0.2) is 71.8 Å². The predicted octanol–water partition coefficient (Wildman–Crippen LogP) is 4.10. The van der Waals surface area contributed by atoms with Gasteiger partial charge in [0.15, 0.2) is 0 Å². The molecule has 0 saturated carbocycles. The third kappa shape index (κ3) is 7.06. The van der Waals surface area contributed by atoms with Crippen molar-refractivity contribution in [3.8, 4) is 11.5 Å². The number of amides is 2. The minimum Gasteiger partial charge on any atom is -0.497 e. The van der Waals surface area contributed by atoms with E-state index in [0.29, 0.717) is 27.6 Å². The van der Waals surface area contributed by atoms with Crippen molar-refractivity contribution < 1.29 is 23.9 Å². The summed E-state index contributed by atoms with van der Waals surface area (Å²) < 4.78 is 10.4. The molecule has 0 heterocycles. The molecule has 0 aromatic heterocycles. The standard InChI is InChI=1S/C24H19Cl2N3O5/c1-33-18-9-4-16(5-10-18)24(32)34-19-7-2-15(3-8-19)13-28-29-22(30)14-27-23(31)17-6-11-20(25)21(26)12-17/h2-13H,14H2,1H3,(H,27,31)(H,29,30)/b28-13+. The molecule has 0 unspecified atom stereocenters. The fourth-order valence-electron chi connectivity index (χ4n) is 2.63. The van der Waals surface area contributed by atoms with Crippen LogP contribution in [0.25, 0.3) is 0 Å². The number of carbonyl (C=O) groups excluding carboxylic acids is 3. The van der Waals surface area contributed by atoms with Crippen molar-refractivity contribution in [1.29, 1.82) is 0 Å². The molecule has 0 radical (unpaired) electrons. The van der Waals surface area contributed by atoms with Gasteiger partial charge in [0.05, 0.1) is 35.5 Å². The smallest absolute Gasteiger partial charge is 0.343 e. The van der Waals surface area contributed by atoms with Crippen LogP contribution in [0.4, 0.5) is 0 Å². The molecule has 0 saturated heterocycles. The number of hydrazone groups is 1. The van der Waals surface area contributed by atoms with Gasteiger partial charge in [0.1, 0.15) is 11.5 Å². The van der Waals surface area contributed by atoms with Crippen LogP contribution < -0.4 is 20.2 Å². The molecule has 0 aliphatic heterocycles. The number of hydrogen-bond donors (Lipinski definition) is 2. The maximum atomic E-state index is 12.2. The van der Waals surface area contributed by atoms with Crippen molar-refractivity contribution in [2.75, 3.05) is 13.7 Å². The maximum absolute atomic E-state index is 12.2. The van der Waals surface area contributed by atoms with E-state index in [0.717, 1.165) is 0 Å². The zero-order valence-corrected chi connectivity index (χ0v) is 19.4. The number of methoxy groups -OCH3 is 1. The summed E-state index contributed by atoms with van der Waals surface area (Å²) in [4.78, 5) is 36.1. The number of ether oxygens (including phenoxy) is 2. The van der Waals surface area contributed by atoms with Crippen LogP contribution in [0.2, 0.25) is 10.0 Å². The molecule has 3 aromatic rings. The highest BCUT2D eigenvalue weighted by atomic mass is 35.5. The summed E-state index contributed by atoms with van der Waals surface area (Å²) >= 11 is 11.7. The Morgan fingerprint density at radius 2 is 1.53 bits per heavy atom. The van der Waals surface area contributed by atoms with Crippen LogP contribution in [0, 0.1) is 0 Å². The van der Waals surface area contributed by atoms with Crippen LogP contribution in [0.5, 0.6) is 11.5 Å². The van der Waals surface area contributed by atoms with Crippen molar-refractivity contribution >= 4 is 47.2 Å². The minimum absolute atomic E-state index is 0.241. The van der Waals surface area contributed by atoms with E-state index in [1.165, 1.54) is 24.4 Å². The van der Waals surface area contributed by atoms with Gasteiger partial charge in [-0.25, -0.2) is 10.2 Å². The minimum atomic E-state index is -0.519. The molecular weight excluding hydrogens is 481 g/mol. The van der Waals surface area contributed by atoms with Crippen molar-refractivity contribution in [3.05, 3.63) is 93.5 Å². The van der Waals surface area contributed by atoms with Gasteiger partial charge in [0.25, 0.3) is 11.8 Å². The summed E-state index contributed by atoms with van der Waals surface area (Å²) in [6.07, 6.45) is 1.41. The molecule has 0 fully saturated rings. The summed E-state index contributed by atoms with van der Waals surface area (Å²) in [5, 5.41) is 6.86. The lowest BCUT2D eigenvalue weighted by Gasteiger charge is -2.06. The Morgan fingerprint density at radius 3 is 2.18 bits per heavy atom. The first-order valence-electron chi connectivity index (χ1n) is 9.87. The molecule has 0 aliphatic carbocycles. The monoisotopic (exact) mass is 499 g/mol. The summed E-state index contributed by atoms with van der Waals surface area (Å²) in [6.45, 7) is -0.281. The largest absolute Gasteiger partial charge is 0.497 e. The second-order valence-electron chi connectivity index (χ2n) is 6.79. The second-order valence-corrected chi connectivity index (χ2v) is 7.61. The van der Waals surface area contributed by atoms with E-state index in [1.54, 1.807) is 55.6 Å². The first-order chi connectivity index (χ1) is 16.4.